The van der Waals surface area contributed by atoms with Crippen LogP contribution in [-0.2, 0) is 6.18 Å². The van der Waals surface area contributed by atoms with Gasteiger partial charge in [0.1, 0.15) is 28.8 Å². The van der Waals surface area contributed by atoms with Crippen molar-refractivity contribution in [3.05, 3.63) is 59.8 Å². The first kappa shape index (κ1) is 20.2. The number of aromatic nitrogens is 3. The maximum Gasteiger partial charge on any atom is 0.417 e. The summed E-state index contributed by atoms with van der Waals surface area (Å²) in [5.41, 5.74) is -0.0481. The minimum Gasteiger partial charge on any atom is -0.497 e. The van der Waals surface area contributed by atoms with E-state index in [9.17, 15) is 18.4 Å². The van der Waals surface area contributed by atoms with Crippen molar-refractivity contribution in [1.29, 1.82) is 5.26 Å². The summed E-state index contributed by atoms with van der Waals surface area (Å²) in [6.07, 6.45) is -3.15. The molecule has 2 N–H and O–H groups in total. The number of anilines is 2. The van der Waals surface area contributed by atoms with Crippen LogP contribution in [-0.4, -0.2) is 28.8 Å². The lowest BCUT2D eigenvalue weighted by Gasteiger charge is -2.15. The lowest BCUT2D eigenvalue weighted by atomic mass is 10.0. The zero-order valence-corrected chi connectivity index (χ0v) is 16.4. The molecule has 2 heterocycles. The SMILES string of the molecule is COc1ccc(Nc2c(-c3ccccc3C(F)(F)F)nc3c(C#N)c[nH]n23)c(OC)c1. The predicted octanol–water partition coefficient (Wildman–Crippen LogP) is 4.98. The number of imidazole rings is 1. The maximum absolute atomic E-state index is 13.7. The highest BCUT2D eigenvalue weighted by molar-refractivity contribution is 5.83. The molecule has 0 aliphatic rings. The zero-order valence-electron chi connectivity index (χ0n) is 16.4. The molecular weight excluding hydrogens is 411 g/mol. The van der Waals surface area contributed by atoms with Gasteiger partial charge in [-0.25, -0.2) is 9.50 Å². The molecule has 0 atom stereocenters. The summed E-state index contributed by atoms with van der Waals surface area (Å²) in [7, 11) is 2.98. The fourth-order valence-electron chi connectivity index (χ4n) is 3.27. The van der Waals surface area contributed by atoms with Gasteiger partial charge in [-0.15, -0.1) is 0 Å². The lowest BCUT2D eigenvalue weighted by molar-refractivity contribution is -0.137. The third-order valence-electron chi connectivity index (χ3n) is 4.73. The highest BCUT2D eigenvalue weighted by atomic mass is 19.4. The average Bonchev–Trinajstić information content (AvgIpc) is 3.33. The van der Waals surface area contributed by atoms with E-state index in [1.54, 1.807) is 18.2 Å². The molecule has 0 radical (unpaired) electrons. The van der Waals surface area contributed by atoms with Gasteiger partial charge in [-0.1, -0.05) is 18.2 Å². The number of nitrogens with one attached hydrogen (secondary N) is 2. The van der Waals surface area contributed by atoms with Gasteiger partial charge >= 0.3 is 6.18 Å². The quantitative estimate of drug-likeness (QED) is 0.469. The molecule has 4 rings (SSSR count). The second-order valence-corrected chi connectivity index (χ2v) is 6.50. The van der Waals surface area contributed by atoms with Gasteiger partial charge in [0, 0.05) is 17.8 Å². The molecule has 0 spiro atoms. The minimum absolute atomic E-state index is 0.0362. The molecule has 2 aromatic heterocycles. The van der Waals surface area contributed by atoms with Gasteiger partial charge in [-0.3, -0.25) is 5.10 Å². The number of H-pyrrole nitrogens is 1. The van der Waals surface area contributed by atoms with Gasteiger partial charge in [0.05, 0.1) is 25.5 Å². The van der Waals surface area contributed by atoms with Crippen LogP contribution in [0.1, 0.15) is 11.1 Å². The Morgan fingerprint density at radius 3 is 2.58 bits per heavy atom. The molecule has 2 aromatic carbocycles. The van der Waals surface area contributed by atoms with Crippen molar-refractivity contribution in [3.63, 3.8) is 0 Å². The Kier molecular flexibility index (Phi) is 4.94. The summed E-state index contributed by atoms with van der Waals surface area (Å²) >= 11 is 0. The fourth-order valence-corrected chi connectivity index (χ4v) is 3.27. The molecule has 4 aromatic rings. The monoisotopic (exact) mass is 427 g/mol. The highest BCUT2D eigenvalue weighted by Gasteiger charge is 2.35. The summed E-state index contributed by atoms with van der Waals surface area (Å²) in [6.45, 7) is 0. The fraction of sp³-hybridized carbons (Fsp3) is 0.143. The van der Waals surface area contributed by atoms with Crippen LogP contribution in [0.25, 0.3) is 16.9 Å². The van der Waals surface area contributed by atoms with Gasteiger partial charge in [-0.05, 0) is 18.2 Å². The number of halogens is 3. The second kappa shape index (κ2) is 7.60. The summed E-state index contributed by atoms with van der Waals surface area (Å²) in [4.78, 5) is 4.35. The van der Waals surface area contributed by atoms with Crippen molar-refractivity contribution in [2.24, 2.45) is 0 Å². The van der Waals surface area contributed by atoms with E-state index in [1.165, 1.54) is 43.1 Å². The first-order valence-corrected chi connectivity index (χ1v) is 9.03. The summed E-state index contributed by atoms with van der Waals surface area (Å²) < 4.78 is 53.0. The molecule has 31 heavy (non-hydrogen) atoms. The van der Waals surface area contributed by atoms with E-state index in [1.807, 2.05) is 6.07 Å². The number of nitriles is 1. The van der Waals surface area contributed by atoms with Gasteiger partial charge < -0.3 is 14.8 Å². The second-order valence-electron chi connectivity index (χ2n) is 6.50. The Hall–Kier alpha value is -4.13. The Morgan fingerprint density at radius 1 is 1.13 bits per heavy atom. The standard InChI is InChI=1S/C21H16F3N5O2/c1-30-13-7-8-16(17(9-13)31-2)27-20-18(28-19-12(10-25)11-26-29(19)20)14-5-3-4-6-15(14)21(22,23)24/h3-9,11,26-27H,1-2H3. The molecule has 7 nitrogen and oxygen atoms in total. The molecule has 0 unspecified atom stereocenters. The van der Waals surface area contributed by atoms with Crippen molar-refractivity contribution < 1.29 is 22.6 Å². The molecule has 10 heteroatoms. The van der Waals surface area contributed by atoms with E-state index in [4.69, 9.17) is 9.47 Å². The largest absolute Gasteiger partial charge is 0.497 e. The number of alkyl halides is 3. The van der Waals surface area contributed by atoms with Crippen LogP contribution in [0, 0.1) is 11.3 Å². The third kappa shape index (κ3) is 3.50. The molecular formula is C21H16F3N5O2. The van der Waals surface area contributed by atoms with Gasteiger partial charge in [0.15, 0.2) is 11.5 Å². The van der Waals surface area contributed by atoms with Crippen molar-refractivity contribution in [1.82, 2.24) is 14.6 Å². The minimum atomic E-state index is -4.58. The van der Waals surface area contributed by atoms with Gasteiger partial charge in [0.25, 0.3) is 0 Å². The van der Waals surface area contributed by atoms with Crippen molar-refractivity contribution in [2.45, 2.75) is 6.18 Å². The number of nitrogens with zero attached hydrogens (tertiary/aromatic N) is 3. The predicted molar refractivity (Wildman–Crippen MR) is 108 cm³/mol. The van der Waals surface area contributed by atoms with E-state index in [-0.39, 0.29) is 28.3 Å². The van der Waals surface area contributed by atoms with Crippen molar-refractivity contribution in [2.75, 3.05) is 19.5 Å². The van der Waals surface area contributed by atoms with Crippen LogP contribution in [0.4, 0.5) is 24.7 Å². The topological polar surface area (TPSA) is 87.4 Å². The zero-order chi connectivity index (χ0) is 22.2. The van der Waals surface area contributed by atoms with Crippen molar-refractivity contribution >= 4 is 17.2 Å². The Balaban J connectivity index is 1.95. The molecule has 0 aliphatic heterocycles. The number of aromatic amines is 1. The average molecular weight is 427 g/mol. The first-order chi connectivity index (χ1) is 14.9. The lowest BCUT2D eigenvalue weighted by Crippen LogP contribution is -2.08. The van der Waals surface area contributed by atoms with Crippen LogP contribution in [0.5, 0.6) is 11.5 Å². The molecule has 0 bridgehead atoms. The molecule has 0 saturated carbocycles. The molecule has 0 aliphatic carbocycles. The Bertz CT molecular complexity index is 1300. The Labute approximate surface area is 174 Å². The number of fused-ring (bicyclic) bond motifs is 1. The van der Waals surface area contributed by atoms with E-state index >= 15 is 0 Å². The smallest absolute Gasteiger partial charge is 0.417 e. The van der Waals surface area contributed by atoms with E-state index in [0.717, 1.165) is 6.07 Å². The number of rotatable bonds is 5. The number of hydrogen-bond donors (Lipinski definition) is 2. The third-order valence-corrected chi connectivity index (χ3v) is 4.73. The molecule has 158 valence electrons. The number of hydrogen-bond acceptors (Lipinski definition) is 5. The summed E-state index contributed by atoms with van der Waals surface area (Å²) in [5.74, 6) is 1.18. The summed E-state index contributed by atoms with van der Waals surface area (Å²) in [5, 5.41) is 15.3. The molecule has 0 saturated heterocycles. The van der Waals surface area contributed by atoms with Crippen molar-refractivity contribution in [3.8, 4) is 28.8 Å². The highest BCUT2D eigenvalue weighted by Crippen LogP contribution is 2.41. The Morgan fingerprint density at radius 2 is 1.90 bits per heavy atom. The van der Waals surface area contributed by atoms with E-state index in [2.05, 4.69) is 15.4 Å². The van der Waals surface area contributed by atoms with Crippen LogP contribution < -0.4 is 14.8 Å². The van der Waals surface area contributed by atoms with Crippen LogP contribution in [0.2, 0.25) is 0 Å². The normalized spacial score (nSPS) is 11.4. The number of benzene rings is 2. The first-order valence-electron chi connectivity index (χ1n) is 9.03. The van der Waals surface area contributed by atoms with Crippen LogP contribution in [0.15, 0.2) is 48.7 Å². The van der Waals surface area contributed by atoms with Gasteiger partial charge in [0.2, 0.25) is 0 Å². The number of ether oxygens (including phenoxy) is 2. The van der Waals surface area contributed by atoms with E-state index in [0.29, 0.717) is 17.2 Å². The summed E-state index contributed by atoms with van der Waals surface area (Å²) in [6, 6.07) is 12.1. The molecule has 0 amide bonds. The van der Waals surface area contributed by atoms with Crippen LogP contribution >= 0.6 is 0 Å². The maximum atomic E-state index is 13.7. The molecule has 0 fully saturated rings. The van der Waals surface area contributed by atoms with E-state index < -0.39 is 11.7 Å². The number of methoxy groups -OCH3 is 2. The van der Waals surface area contributed by atoms with Crippen LogP contribution in [0.3, 0.4) is 0 Å². The van der Waals surface area contributed by atoms with Gasteiger partial charge in [-0.2, -0.15) is 18.4 Å².